The van der Waals surface area contributed by atoms with Gasteiger partial charge in [0.05, 0.1) is 12.4 Å². The summed E-state index contributed by atoms with van der Waals surface area (Å²) in [5, 5.41) is 25.7. The minimum atomic E-state index is -0.702. The van der Waals surface area contributed by atoms with Crippen LogP contribution in [0.5, 0.6) is 11.5 Å². The van der Waals surface area contributed by atoms with Crippen LogP contribution in [0.25, 0.3) is 0 Å². The van der Waals surface area contributed by atoms with Crippen LogP contribution in [-0.4, -0.2) is 22.6 Å². The summed E-state index contributed by atoms with van der Waals surface area (Å²) < 4.78 is 13.0. The molecule has 2 aromatic carbocycles. The van der Waals surface area contributed by atoms with Crippen molar-refractivity contribution in [3.05, 3.63) is 59.4 Å². The van der Waals surface area contributed by atoms with E-state index in [4.69, 9.17) is 10.2 Å². The van der Waals surface area contributed by atoms with E-state index in [1.807, 2.05) is 0 Å². The zero-order valence-corrected chi connectivity index (χ0v) is 9.86. The Morgan fingerprint density at radius 3 is 2.05 bits per heavy atom. The molecule has 0 unspecified atom stereocenters. The maximum atomic E-state index is 13.0. The third-order valence-corrected chi connectivity index (χ3v) is 2.35. The minimum Gasteiger partial charge on any atom is -0.508 e. The highest BCUT2D eigenvalue weighted by atomic mass is 19.1. The normalized spacial score (nSPS) is 11.4. The number of nitrogens with zero attached hydrogens (tertiary/aromatic N) is 2. The summed E-state index contributed by atoms with van der Waals surface area (Å²) >= 11 is 0. The van der Waals surface area contributed by atoms with Crippen LogP contribution in [0.1, 0.15) is 11.1 Å². The van der Waals surface area contributed by atoms with E-state index in [9.17, 15) is 4.39 Å². The lowest BCUT2D eigenvalue weighted by Crippen LogP contribution is -1.84. The molecule has 0 aliphatic heterocycles. The van der Waals surface area contributed by atoms with Gasteiger partial charge in [-0.3, -0.25) is 0 Å². The molecule has 19 heavy (non-hydrogen) atoms. The van der Waals surface area contributed by atoms with Crippen LogP contribution in [0.4, 0.5) is 4.39 Å². The van der Waals surface area contributed by atoms with Crippen LogP contribution in [-0.2, 0) is 0 Å². The van der Waals surface area contributed by atoms with Crippen LogP contribution in [0.2, 0.25) is 0 Å². The molecule has 0 heterocycles. The van der Waals surface area contributed by atoms with Crippen molar-refractivity contribution in [3.63, 3.8) is 0 Å². The monoisotopic (exact) mass is 258 g/mol. The summed E-state index contributed by atoms with van der Waals surface area (Å²) in [4.78, 5) is 0. The van der Waals surface area contributed by atoms with E-state index in [-0.39, 0.29) is 5.75 Å². The third-order valence-electron chi connectivity index (χ3n) is 2.35. The van der Waals surface area contributed by atoms with E-state index in [0.717, 1.165) is 11.6 Å². The highest BCUT2D eigenvalue weighted by Crippen LogP contribution is 2.15. The molecule has 0 fully saturated rings. The fourth-order valence-corrected chi connectivity index (χ4v) is 1.36. The van der Waals surface area contributed by atoms with Gasteiger partial charge >= 0.3 is 0 Å². The lowest BCUT2D eigenvalue weighted by atomic mass is 10.2. The second kappa shape index (κ2) is 5.77. The zero-order chi connectivity index (χ0) is 13.7. The van der Waals surface area contributed by atoms with Gasteiger partial charge in [0.25, 0.3) is 0 Å². The number of hydrogen-bond donors (Lipinski definition) is 2. The average molecular weight is 258 g/mol. The molecule has 96 valence electrons. The van der Waals surface area contributed by atoms with Gasteiger partial charge in [-0.15, -0.1) is 0 Å². The molecule has 0 saturated carbocycles. The molecule has 0 aromatic heterocycles. The van der Waals surface area contributed by atoms with Crippen LogP contribution in [0.3, 0.4) is 0 Å². The van der Waals surface area contributed by atoms with Gasteiger partial charge in [-0.2, -0.15) is 10.2 Å². The fourth-order valence-electron chi connectivity index (χ4n) is 1.36. The number of hydrogen-bond acceptors (Lipinski definition) is 4. The number of rotatable bonds is 3. The molecule has 4 nitrogen and oxygen atoms in total. The molecule has 2 aromatic rings. The summed E-state index contributed by atoms with van der Waals surface area (Å²) in [6, 6.07) is 10.4. The van der Waals surface area contributed by atoms with Crippen molar-refractivity contribution >= 4 is 12.4 Å². The van der Waals surface area contributed by atoms with Crippen LogP contribution >= 0.6 is 0 Å². The smallest absolute Gasteiger partial charge is 0.165 e. The number of benzene rings is 2. The summed E-state index contributed by atoms with van der Waals surface area (Å²) in [5.74, 6) is -0.920. The first-order chi connectivity index (χ1) is 9.15. The molecule has 0 radical (unpaired) electrons. The molecule has 0 aliphatic rings. The highest BCUT2D eigenvalue weighted by molar-refractivity contribution is 5.82. The second-order valence-corrected chi connectivity index (χ2v) is 3.79. The molecule has 0 atom stereocenters. The zero-order valence-electron chi connectivity index (χ0n) is 9.86. The summed E-state index contributed by atoms with van der Waals surface area (Å²) in [7, 11) is 0. The number of phenols is 2. The third kappa shape index (κ3) is 3.64. The maximum Gasteiger partial charge on any atom is 0.165 e. The van der Waals surface area contributed by atoms with Gasteiger partial charge in [0.1, 0.15) is 5.75 Å². The van der Waals surface area contributed by atoms with Crippen molar-refractivity contribution in [2.75, 3.05) is 0 Å². The van der Waals surface area contributed by atoms with Gasteiger partial charge in [0.2, 0.25) is 0 Å². The quantitative estimate of drug-likeness (QED) is 0.656. The van der Waals surface area contributed by atoms with Gasteiger partial charge in [-0.05, 0) is 53.6 Å². The van der Waals surface area contributed by atoms with Gasteiger partial charge in [0.15, 0.2) is 11.6 Å². The number of phenolic OH excluding ortho intramolecular Hbond substituents is 2. The Labute approximate surface area is 109 Å². The first-order valence-electron chi connectivity index (χ1n) is 5.49. The van der Waals surface area contributed by atoms with E-state index in [1.54, 1.807) is 24.3 Å². The van der Waals surface area contributed by atoms with Crippen molar-refractivity contribution in [1.82, 2.24) is 0 Å². The first-order valence-corrected chi connectivity index (χ1v) is 5.49. The predicted molar refractivity (Wildman–Crippen MR) is 71.4 cm³/mol. The highest BCUT2D eigenvalue weighted by Gasteiger charge is 1.98. The SMILES string of the molecule is Oc1ccc(C=NN=Cc2ccc(O)c(F)c2)cc1. The molecule has 0 amide bonds. The molecular formula is C14H11FN2O2. The molecule has 2 N–H and O–H groups in total. The Morgan fingerprint density at radius 1 is 0.842 bits per heavy atom. The topological polar surface area (TPSA) is 65.2 Å². The van der Waals surface area contributed by atoms with Crippen LogP contribution in [0.15, 0.2) is 52.7 Å². The van der Waals surface area contributed by atoms with E-state index in [2.05, 4.69) is 10.2 Å². The molecule has 0 spiro atoms. The predicted octanol–water partition coefficient (Wildman–Crippen LogP) is 2.69. The van der Waals surface area contributed by atoms with E-state index >= 15 is 0 Å². The lowest BCUT2D eigenvalue weighted by molar-refractivity contribution is 0.432. The van der Waals surface area contributed by atoms with Gasteiger partial charge in [-0.25, -0.2) is 4.39 Å². The summed E-state index contributed by atoms with van der Waals surface area (Å²) in [5.41, 5.74) is 1.28. The van der Waals surface area contributed by atoms with E-state index in [0.29, 0.717) is 5.56 Å². The van der Waals surface area contributed by atoms with Gasteiger partial charge < -0.3 is 10.2 Å². The fraction of sp³-hybridized carbons (Fsp3) is 0. The molecular weight excluding hydrogens is 247 g/mol. The van der Waals surface area contributed by atoms with Gasteiger partial charge in [-0.1, -0.05) is 0 Å². The molecule has 0 aliphatic carbocycles. The van der Waals surface area contributed by atoms with Crippen LogP contribution < -0.4 is 0 Å². The van der Waals surface area contributed by atoms with E-state index < -0.39 is 11.6 Å². The second-order valence-electron chi connectivity index (χ2n) is 3.79. The van der Waals surface area contributed by atoms with Crippen molar-refractivity contribution in [3.8, 4) is 11.5 Å². The Bertz CT molecular complexity index is 622. The molecule has 5 heteroatoms. The van der Waals surface area contributed by atoms with E-state index in [1.165, 1.54) is 24.6 Å². The average Bonchev–Trinajstić information content (AvgIpc) is 2.41. The number of aromatic hydroxyl groups is 2. The van der Waals surface area contributed by atoms with Crippen molar-refractivity contribution in [2.45, 2.75) is 0 Å². The number of halogens is 1. The maximum absolute atomic E-state index is 13.0. The Kier molecular flexibility index (Phi) is 3.87. The minimum absolute atomic E-state index is 0.181. The summed E-state index contributed by atoms with van der Waals surface area (Å²) in [6.07, 6.45) is 2.88. The van der Waals surface area contributed by atoms with Crippen molar-refractivity contribution in [2.24, 2.45) is 10.2 Å². The lowest BCUT2D eigenvalue weighted by Gasteiger charge is -1.95. The Hall–Kier alpha value is -2.69. The molecule has 0 bridgehead atoms. The largest absolute Gasteiger partial charge is 0.508 e. The summed E-state index contributed by atoms with van der Waals surface area (Å²) in [6.45, 7) is 0. The van der Waals surface area contributed by atoms with Crippen molar-refractivity contribution < 1.29 is 14.6 Å². The van der Waals surface area contributed by atoms with Crippen LogP contribution in [0, 0.1) is 5.82 Å². The van der Waals surface area contributed by atoms with Gasteiger partial charge in [0, 0.05) is 0 Å². The molecule has 0 saturated heterocycles. The first kappa shape index (κ1) is 12.8. The Morgan fingerprint density at radius 2 is 1.42 bits per heavy atom. The Balaban J connectivity index is 2.03. The standard InChI is InChI=1S/C14H11FN2O2/c15-13-7-11(3-6-14(13)19)9-17-16-8-10-1-4-12(18)5-2-10/h1-9,18-19H. The molecule has 2 rings (SSSR count). The van der Waals surface area contributed by atoms with Crippen molar-refractivity contribution in [1.29, 1.82) is 0 Å².